The first-order valence-electron chi connectivity index (χ1n) is 12.5. The third-order valence-electron chi connectivity index (χ3n) is 5.64. The standard InChI is InChI=1S/C30H38O6/c1-31-17-18-32-19-20-33-21-22-34-23-24-35-25-26-36-30(27-11-5-2-6-12-27,28-13-7-3-8-14-28)29-15-9-4-10-16-29/h2-16H,17-26H2,1H3. The van der Waals surface area contributed by atoms with Gasteiger partial charge in [-0.05, 0) is 16.7 Å². The summed E-state index contributed by atoms with van der Waals surface area (Å²) in [6.07, 6.45) is 0. The van der Waals surface area contributed by atoms with Crippen molar-refractivity contribution in [3.05, 3.63) is 108 Å². The highest BCUT2D eigenvalue weighted by molar-refractivity contribution is 5.47. The summed E-state index contributed by atoms with van der Waals surface area (Å²) in [5.41, 5.74) is 2.51. The normalized spacial score (nSPS) is 11.6. The Morgan fingerprint density at radius 1 is 0.417 bits per heavy atom. The summed E-state index contributed by atoms with van der Waals surface area (Å²) in [6.45, 7) is 5.25. The smallest absolute Gasteiger partial charge is 0.143 e. The summed E-state index contributed by atoms with van der Waals surface area (Å²) in [4.78, 5) is 0. The Balaban J connectivity index is 1.45. The zero-order valence-corrected chi connectivity index (χ0v) is 21.2. The van der Waals surface area contributed by atoms with Crippen LogP contribution < -0.4 is 0 Å². The molecule has 36 heavy (non-hydrogen) atoms. The molecule has 6 heteroatoms. The van der Waals surface area contributed by atoms with Gasteiger partial charge in [-0.2, -0.15) is 0 Å². The molecule has 194 valence electrons. The number of rotatable bonds is 19. The van der Waals surface area contributed by atoms with Crippen LogP contribution in [0.1, 0.15) is 16.7 Å². The van der Waals surface area contributed by atoms with Gasteiger partial charge in [-0.1, -0.05) is 91.0 Å². The molecule has 0 bridgehead atoms. The Morgan fingerprint density at radius 2 is 0.722 bits per heavy atom. The molecule has 0 saturated carbocycles. The van der Waals surface area contributed by atoms with Gasteiger partial charge in [0, 0.05) is 7.11 Å². The molecule has 0 aliphatic rings. The monoisotopic (exact) mass is 494 g/mol. The summed E-state index contributed by atoms with van der Waals surface area (Å²) in [7, 11) is 1.65. The van der Waals surface area contributed by atoms with Gasteiger partial charge < -0.3 is 28.4 Å². The summed E-state index contributed by atoms with van der Waals surface area (Å²) < 4.78 is 33.8. The molecule has 0 heterocycles. The first kappa shape index (κ1) is 28.0. The van der Waals surface area contributed by atoms with Crippen molar-refractivity contribution in [1.82, 2.24) is 0 Å². The van der Waals surface area contributed by atoms with Gasteiger partial charge in [-0.15, -0.1) is 0 Å². The van der Waals surface area contributed by atoms with Crippen LogP contribution in [0.5, 0.6) is 0 Å². The average Bonchev–Trinajstić information content (AvgIpc) is 2.94. The molecule has 0 aliphatic heterocycles. The molecule has 3 aromatic carbocycles. The largest absolute Gasteiger partial charge is 0.382 e. The number of hydrogen-bond donors (Lipinski definition) is 0. The van der Waals surface area contributed by atoms with Crippen LogP contribution in [0.4, 0.5) is 0 Å². The van der Waals surface area contributed by atoms with Gasteiger partial charge in [0.15, 0.2) is 0 Å². The van der Waals surface area contributed by atoms with E-state index in [4.69, 9.17) is 28.4 Å². The SMILES string of the molecule is COCCOCCOCCOCCOCCOC(c1ccccc1)(c1ccccc1)c1ccccc1. The van der Waals surface area contributed by atoms with Crippen molar-refractivity contribution >= 4 is 0 Å². The van der Waals surface area contributed by atoms with Gasteiger partial charge in [-0.3, -0.25) is 0 Å². The van der Waals surface area contributed by atoms with Crippen LogP contribution in [0.2, 0.25) is 0 Å². The van der Waals surface area contributed by atoms with Crippen LogP contribution in [-0.4, -0.2) is 73.2 Å². The van der Waals surface area contributed by atoms with Crippen molar-refractivity contribution in [2.75, 3.05) is 73.2 Å². The maximum atomic E-state index is 6.69. The van der Waals surface area contributed by atoms with Gasteiger partial charge in [0.2, 0.25) is 0 Å². The van der Waals surface area contributed by atoms with E-state index in [1.165, 1.54) is 0 Å². The molecule has 0 atom stereocenters. The summed E-state index contributed by atoms with van der Waals surface area (Å²) in [5.74, 6) is 0. The van der Waals surface area contributed by atoms with Gasteiger partial charge in [0.25, 0.3) is 0 Å². The lowest BCUT2D eigenvalue weighted by Crippen LogP contribution is -2.34. The molecular formula is C30H38O6. The molecule has 0 amide bonds. The van der Waals surface area contributed by atoms with Crippen LogP contribution >= 0.6 is 0 Å². The molecule has 6 nitrogen and oxygen atoms in total. The first-order valence-corrected chi connectivity index (χ1v) is 12.5. The van der Waals surface area contributed by atoms with E-state index in [1.54, 1.807) is 7.11 Å². The molecule has 3 aromatic rings. The van der Waals surface area contributed by atoms with E-state index in [1.807, 2.05) is 54.6 Å². The van der Waals surface area contributed by atoms with Crippen LogP contribution in [-0.2, 0) is 34.0 Å². The van der Waals surface area contributed by atoms with Crippen LogP contribution in [0.3, 0.4) is 0 Å². The summed E-state index contributed by atoms with van der Waals surface area (Å²) in [6, 6.07) is 31.0. The molecule has 0 N–H and O–H groups in total. The number of hydrogen-bond acceptors (Lipinski definition) is 6. The van der Waals surface area contributed by atoms with E-state index >= 15 is 0 Å². The van der Waals surface area contributed by atoms with Gasteiger partial charge in [0.1, 0.15) is 5.60 Å². The predicted molar refractivity (Wildman–Crippen MR) is 140 cm³/mol. The van der Waals surface area contributed by atoms with Crippen molar-refractivity contribution in [2.24, 2.45) is 0 Å². The highest BCUT2D eigenvalue weighted by Crippen LogP contribution is 2.40. The molecule has 3 rings (SSSR count). The average molecular weight is 495 g/mol. The fourth-order valence-electron chi connectivity index (χ4n) is 3.93. The minimum absolute atomic E-state index is 0.435. The van der Waals surface area contributed by atoms with Crippen molar-refractivity contribution in [3.63, 3.8) is 0 Å². The van der Waals surface area contributed by atoms with Crippen molar-refractivity contribution in [1.29, 1.82) is 0 Å². The molecule has 0 aromatic heterocycles. The first-order chi connectivity index (χ1) is 17.9. The topological polar surface area (TPSA) is 55.4 Å². The fourth-order valence-corrected chi connectivity index (χ4v) is 3.93. The maximum absolute atomic E-state index is 6.69. The second-order valence-electron chi connectivity index (χ2n) is 8.07. The van der Waals surface area contributed by atoms with E-state index in [9.17, 15) is 0 Å². The van der Waals surface area contributed by atoms with Crippen molar-refractivity contribution in [3.8, 4) is 0 Å². The summed E-state index contributed by atoms with van der Waals surface area (Å²) in [5, 5.41) is 0. The lowest BCUT2D eigenvalue weighted by atomic mass is 9.80. The van der Waals surface area contributed by atoms with Gasteiger partial charge in [-0.25, -0.2) is 0 Å². The van der Waals surface area contributed by atoms with E-state index in [-0.39, 0.29) is 0 Å². The van der Waals surface area contributed by atoms with Gasteiger partial charge >= 0.3 is 0 Å². The Bertz CT molecular complexity index is 823. The van der Waals surface area contributed by atoms with E-state index in [0.29, 0.717) is 66.1 Å². The molecule has 0 aliphatic carbocycles. The van der Waals surface area contributed by atoms with E-state index in [2.05, 4.69) is 36.4 Å². The molecular weight excluding hydrogens is 456 g/mol. The molecule has 0 saturated heterocycles. The molecule has 0 radical (unpaired) electrons. The quantitative estimate of drug-likeness (QED) is 0.178. The summed E-state index contributed by atoms with van der Waals surface area (Å²) >= 11 is 0. The van der Waals surface area contributed by atoms with Crippen LogP contribution in [0, 0.1) is 0 Å². The lowest BCUT2D eigenvalue weighted by Gasteiger charge is -2.36. The zero-order chi connectivity index (χ0) is 25.2. The molecule has 0 fully saturated rings. The predicted octanol–water partition coefficient (Wildman–Crippen LogP) is 4.71. The number of benzene rings is 3. The second-order valence-corrected chi connectivity index (χ2v) is 8.07. The van der Waals surface area contributed by atoms with E-state index < -0.39 is 5.60 Å². The van der Waals surface area contributed by atoms with Crippen molar-refractivity contribution < 1.29 is 28.4 Å². The highest BCUT2D eigenvalue weighted by Gasteiger charge is 2.37. The Kier molecular flexibility index (Phi) is 13.2. The van der Waals surface area contributed by atoms with Crippen molar-refractivity contribution in [2.45, 2.75) is 5.60 Å². The fraction of sp³-hybridized carbons (Fsp3) is 0.400. The third-order valence-corrected chi connectivity index (χ3v) is 5.64. The lowest BCUT2D eigenvalue weighted by molar-refractivity contribution is -0.0388. The minimum atomic E-state index is -0.728. The molecule has 0 spiro atoms. The van der Waals surface area contributed by atoms with Gasteiger partial charge in [0.05, 0.1) is 66.1 Å². The highest BCUT2D eigenvalue weighted by atomic mass is 16.6. The molecule has 0 unspecified atom stereocenters. The van der Waals surface area contributed by atoms with E-state index in [0.717, 1.165) is 16.7 Å². The second kappa shape index (κ2) is 17.0. The Morgan fingerprint density at radius 3 is 1.06 bits per heavy atom. The minimum Gasteiger partial charge on any atom is -0.382 e. The van der Waals surface area contributed by atoms with Crippen LogP contribution in [0.25, 0.3) is 0 Å². The Labute approximate surface area is 215 Å². The number of methoxy groups -OCH3 is 1. The number of ether oxygens (including phenoxy) is 6. The third kappa shape index (κ3) is 8.82. The maximum Gasteiger partial charge on any atom is 0.143 e. The Hall–Kier alpha value is -2.58. The zero-order valence-electron chi connectivity index (χ0n) is 21.2. The van der Waals surface area contributed by atoms with Crippen LogP contribution in [0.15, 0.2) is 91.0 Å².